The number of thioether (sulfide) groups is 1. The van der Waals surface area contributed by atoms with Crippen molar-refractivity contribution in [2.24, 2.45) is 5.10 Å². The first-order valence-corrected chi connectivity index (χ1v) is 10.6. The Morgan fingerprint density at radius 3 is 2.80 bits per heavy atom. The van der Waals surface area contributed by atoms with E-state index in [2.05, 4.69) is 35.8 Å². The topological polar surface area (TPSA) is 137 Å². The number of carbonyl (C=O) groups excluding carboxylic acids is 1. The molecule has 3 N–H and O–H groups in total. The fourth-order valence-corrected chi connectivity index (χ4v) is 4.10. The van der Waals surface area contributed by atoms with E-state index in [1.54, 1.807) is 0 Å². The van der Waals surface area contributed by atoms with E-state index in [-0.39, 0.29) is 17.3 Å². The average molecular weight is 441 g/mol. The maximum atomic E-state index is 12.8. The number of hydrogen-bond donors (Lipinski definition) is 2. The SMILES string of the molecule is C/C(=N/NC(=O)c1nnn(-c2nonc2N)c1CSc1ccccc1)c1cccs1. The first-order chi connectivity index (χ1) is 14.6. The highest BCUT2D eigenvalue weighted by molar-refractivity contribution is 7.98. The predicted molar refractivity (Wildman–Crippen MR) is 114 cm³/mol. The predicted octanol–water partition coefficient (Wildman–Crippen LogP) is 2.74. The van der Waals surface area contributed by atoms with Gasteiger partial charge in [0, 0.05) is 15.5 Å². The van der Waals surface area contributed by atoms with Crippen LogP contribution >= 0.6 is 23.1 Å². The molecule has 0 saturated carbocycles. The third kappa shape index (κ3) is 4.23. The number of amides is 1. The number of anilines is 1. The molecule has 0 unspecified atom stereocenters. The highest BCUT2D eigenvalue weighted by atomic mass is 32.2. The smallest absolute Gasteiger partial charge is 0.293 e. The maximum Gasteiger partial charge on any atom is 0.293 e. The minimum atomic E-state index is -0.490. The third-order valence-corrected chi connectivity index (χ3v) is 6.00. The molecule has 3 heterocycles. The lowest BCUT2D eigenvalue weighted by atomic mass is 10.3. The van der Waals surface area contributed by atoms with Crippen molar-refractivity contribution in [1.29, 1.82) is 0 Å². The number of hydrazone groups is 1. The van der Waals surface area contributed by atoms with E-state index in [9.17, 15) is 4.79 Å². The molecular formula is C18H16N8O2S2. The van der Waals surface area contributed by atoms with Crippen LogP contribution in [0.25, 0.3) is 5.82 Å². The van der Waals surface area contributed by atoms with Gasteiger partial charge in [-0.3, -0.25) is 4.79 Å². The molecule has 30 heavy (non-hydrogen) atoms. The lowest BCUT2D eigenvalue weighted by molar-refractivity contribution is 0.0949. The zero-order valence-corrected chi connectivity index (χ0v) is 17.4. The minimum Gasteiger partial charge on any atom is -0.378 e. The highest BCUT2D eigenvalue weighted by Gasteiger charge is 2.24. The van der Waals surface area contributed by atoms with Gasteiger partial charge in [-0.1, -0.05) is 29.5 Å². The van der Waals surface area contributed by atoms with Crippen LogP contribution in [0.15, 0.2) is 62.5 Å². The zero-order valence-electron chi connectivity index (χ0n) is 15.7. The van der Waals surface area contributed by atoms with Crippen LogP contribution in [0.4, 0.5) is 5.82 Å². The molecule has 10 nitrogen and oxygen atoms in total. The number of nitrogens with one attached hydrogen (secondary N) is 1. The minimum absolute atomic E-state index is 0.0457. The Morgan fingerprint density at radius 2 is 2.10 bits per heavy atom. The van der Waals surface area contributed by atoms with Gasteiger partial charge in [-0.25, -0.2) is 10.1 Å². The van der Waals surface area contributed by atoms with Crippen molar-refractivity contribution in [2.75, 3.05) is 5.73 Å². The number of thiophene rings is 1. The summed E-state index contributed by atoms with van der Waals surface area (Å²) in [6.07, 6.45) is 0. The molecule has 0 aliphatic heterocycles. The maximum absolute atomic E-state index is 12.8. The van der Waals surface area contributed by atoms with E-state index in [1.807, 2.05) is 54.8 Å². The van der Waals surface area contributed by atoms with E-state index in [0.717, 1.165) is 9.77 Å². The summed E-state index contributed by atoms with van der Waals surface area (Å²) in [7, 11) is 0. The number of nitrogens with zero attached hydrogens (tertiary/aromatic N) is 6. The highest BCUT2D eigenvalue weighted by Crippen LogP contribution is 2.25. The van der Waals surface area contributed by atoms with Gasteiger partial charge in [-0.2, -0.15) is 9.78 Å². The molecule has 152 valence electrons. The number of hydrogen-bond acceptors (Lipinski definition) is 10. The molecule has 1 aromatic carbocycles. The van der Waals surface area contributed by atoms with Gasteiger partial charge < -0.3 is 5.73 Å². The second kappa shape index (κ2) is 8.88. The number of aromatic nitrogens is 5. The Hall–Kier alpha value is -3.51. The second-order valence-electron chi connectivity index (χ2n) is 5.99. The molecule has 0 aliphatic rings. The van der Waals surface area contributed by atoms with E-state index in [4.69, 9.17) is 5.73 Å². The van der Waals surface area contributed by atoms with Crippen molar-refractivity contribution in [3.05, 3.63) is 64.1 Å². The van der Waals surface area contributed by atoms with Crippen LogP contribution in [-0.4, -0.2) is 36.9 Å². The summed E-state index contributed by atoms with van der Waals surface area (Å²) in [6.45, 7) is 1.82. The fraction of sp³-hybridized carbons (Fsp3) is 0.111. The summed E-state index contributed by atoms with van der Waals surface area (Å²) in [5.74, 6) is 0.114. The standard InChI is InChI=1S/C18H16N8O2S2/c1-11(14-8-5-9-29-14)20-22-18(27)15-13(10-30-12-6-3-2-4-7-12)26(25-21-15)17-16(19)23-28-24-17/h2-9H,10H2,1H3,(H2,19,23)(H,22,27)/b20-11-. The Balaban J connectivity index is 1.61. The van der Waals surface area contributed by atoms with Gasteiger partial charge in [0.25, 0.3) is 5.91 Å². The fourth-order valence-electron chi connectivity index (χ4n) is 2.51. The molecular weight excluding hydrogens is 424 g/mol. The third-order valence-electron chi connectivity index (χ3n) is 4.00. The summed E-state index contributed by atoms with van der Waals surface area (Å²) in [5, 5.41) is 21.5. The Labute approximate surface area is 179 Å². The van der Waals surface area contributed by atoms with Gasteiger partial charge >= 0.3 is 0 Å². The molecule has 0 bridgehead atoms. The number of benzene rings is 1. The van der Waals surface area contributed by atoms with Crippen molar-refractivity contribution in [3.8, 4) is 5.82 Å². The first kappa shape index (κ1) is 19.8. The summed E-state index contributed by atoms with van der Waals surface area (Å²) in [4.78, 5) is 14.8. The first-order valence-electron chi connectivity index (χ1n) is 8.73. The van der Waals surface area contributed by atoms with Crippen LogP contribution in [0.3, 0.4) is 0 Å². The van der Waals surface area contributed by atoms with Crippen molar-refractivity contribution in [2.45, 2.75) is 17.6 Å². The second-order valence-corrected chi connectivity index (χ2v) is 7.98. The quantitative estimate of drug-likeness (QED) is 0.254. The number of carbonyl (C=O) groups is 1. The molecule has 3 aromatic heterocycles. The van der Waals surface area contributed by atoms with Crippen molar-refractivity contribution >= 4 is 40.5 Å². The monoisotopic (exact) mass is 440 g/mol. The summed E-state index contributed by atoms with van der Waals surface area (Å²) >= 11 is 3.05. The Bertz CT molecular complexity index is 1170. The van der Waals surface area contributed by atoms with E-state index >= 15 is 0 Å². The molecule has 0 radical (unpaired) electrons. The van der Waals surface area contributed by atoms with Crippen LogP contribution in [0.1, 0.15) is 28.0 Å². The summed E-state index contributed by atoms with van der Waals surface area (Å²) in [6, 6.07) is 13.6. The lowest BCUT2D eigenvalue weighted by Gasteiger charge is -2.06. The number of rotatable bonds is 7. The van der Waals surface area contributed by atoms with Crippen molar-refractivity contribution < 1.29 is 9.42 Å². The molecule has 12 heteroatoms. The van der Waals surface area contributed by atoms with Crippen LogP contribution in [0, 0.1) is 0 Å². The van der Waals surface area contributed by atoms with E-state index < -0.39 is 5.91 Å². The molecule has 1 amide bonds. The zero-order chi connectivity index (χ0) is 20.9. The van der Waals surface area contributed by atoms with Crippen molar-refractivity contribution in [1.82, 2.24) is 30.7 Å². The molecule has 0 fully saturated rings. The average Bonchev–Trinajstić information content (AvgIpc) is 3.51. The van der Waals surface area contributed by atoms with Crippen LogP contribution in [0.5, 0.6) is 0 Å². The van der Waals surface area contributed by atoms with Gasteiger partial charge in [0.05, 0.1) is 11.4 Å². The molecule has 0 spiro atoms. The van der Waals surface area contributed by atoms with Crippen LogP contribution in [0.2, 0.25) is 0 Å². The summed E-state index contributed by atoms with van der Waals surface area (Å²) < 4.78 is 6.02. The lowest BCUT2D eigenvalue weighted by Crippen LogP contribution is -2.21. The van der Waals surface area contributed by atoms with E-state index in [0.29, 0.717) is 17.2 Å². The Morgan fingerprint density at radius 1 is 1.27 bits per heavy atom. The summed E-state index contributed by atoms with van der Waals surface area (Å²) in [5.41, 5.74) is 9.64. The van der Waals surface area contributed by atoms with Gasteiger partial charge in [0.2, 0.25) is 11.6 Å². The van der Waals surface area contributed by atoms with Crippen molar-refractivity contribution in [3.63, 3.8) is 0 Å². The van der Waals surface area contributed by atoms with Gasteiger partial charge in [0.1, 0.15) is 0 Å². The van der Waals surface area contributed by atoms with Crippen LogP contribution < -0.4 is 11.2 Å². The molecule has 4 aromatic rings. The number of nitrogen functional groups attached to an aromatic ring is 1. The number of nitrogens with two attached hydrogens (primary N) is 1. The van der Waals surface area contributed by atoms with Gasteiger partial charge in [-0.15, -0.1) is 28.2 Å². The normalized spacial score (nSPS) is 11.6. The van der Waals surface area contributed by atoms with Gasteiger partial charge in [-0.05, 0) is 40.8 Å². The largest absolute Gasteiger partial charge is 0.378 e. The Kier molecular flexibility index (Phi) is 5.86. The molecule has 0 saturated heterocycles. The molecule has 0 aliphatic carbocycles. The van der Waals surface area contributed by atoms with E-state index in [1.165, 1.54) is 27.8 Å². The van der Waals surface area contributed by atoms with Gasteiger partial charge in [0.15, 0.2) is 5.69 Å². The molecule has 4 rings (SSSR count). The molecule has 0 atom stereocenters. The van der Waals surface area contributed by atoms with Crippen LogP contribution in [-0.2, 0) is 5.75 Å².